The quantitative estimate of drug-likeness (QED) is 0.273. The molecule has 35 heavy (non-hydrogen) atoms. The van der Waals surface area contributed by atoms with Gasteiger partial charge in [0.05, 0.1) is 12.7 Å². The molecular formula is C25H20N2O7S. The van der Waals surface area contributed by atoms with E-state index in [1.807, 2.05) is 6.92 Å². The lowest BCUT2D eigenvalue weighted by molar-refractivity contribution is -0.112. The van der Waals surface area contributed by atoms with Crippen LogP contribution in [0, 0.1) is 18.3 Å². The fourth-order valence-electron chi connectivity index (χ4n) is 2.99. The number of carbonyl (C=O) groups is 2. The maximum absolute atomic E-state index is 12.9. The highest BCUT2D eigenvalue weighted by Crippen LogP contribution is 2.35. The molecule has 0 spiro atoms. The first-order valence-corrected chi connectivity index (χ1v) is 11.5. The van der Waals surface area contributed by atoms with Gasteiger partial charge in [0.15, 0.2) is 11.5 Å². The molecule has 178 valence electrons. The number of nitrogens with one attached hydrogen (secondary N) is 1. The molecule has 2 N–H and O–H groups in total. The van der Waals surface area contributed by atoms with Crippen LogP contribution in [0.5, 0.6) is 11.5 Å². The van der Waals surface area contributed by atoms with Crippen LogP contribution in [-0.2, 0) is 14.9 Å². The van der Waals surface area contributed by atoms with Crippen LogP contribution in [0.3, 0.4) is 0 Å². The van der Waals surface area contributed by atoms with Gasteiger partial charge in [0.2, 0.25) is 0 Å². The SMILES string of the molecule is COc1cccc(/C=C(\C#N)C(=O)Nc2cccc(C(=O)O)c2)c1OS(=O)(=O)c1ccc(C)cc1. The molecule has 3 aromatic rings. The summed E-state index contributed by atoms with van der Waals surface area (Å²) in [6, 6.07) is 17.8. The number of hydrogen-bond acceptors (Lipinski definition) is 7. The summed E-state index contributed by atoms with van der Waals surface area (Å²) in [7, 11) is -2.94. The van der Waals surface area contributed by atoms with Gasteiger partial charge in [-0.25, -0.2) is 4.79 Å². The number of methoxy groups -OCH3 is 1. The number of rotatable bonds is 8. The summed E-state index contributed by atoms with van der Waals surface area (Å²) >= 11 is 0. The number of carboxylic acid groups (broad SMARTS) is 1. The topological polar surface area (TPSA) is 143 Å². The Morgan fingerprint density at radius 3 is 2.37 bits per heavy atom. The van der Waals surface area contributed by atoms with Crippen molar-refractivity contribution in [1.29, 1.82) is 5.26 Å². The average Bonchev–Trinajstić information content (AvgIpc) is 2.83. The Balaban J connectivity index is 1.97. The summed E-state index contributed by atoms with van der Waals surface area (Å²) in [6.45, 7) is 1.81. The highest BCUT2D eigenvalue weighted by atomic mass is 32.2. The molecule has 0 aliphatic carbocycles. The van der Waals surface area contributed by atoms with Gasteiger partial charge in [-0.05, 0) is 49.4 Å². The number of benzene rings is 3. The molecule has 0 saturated carbocycles. The van der Waals surface area contributed by atoms with Gasteiger partial charge in [0.1, 0.15) is 16.5 Å². The van der Waals surface area contributed by atoms with Gasteiger partial charge >= 0.3 is 16.1 Å². The maximum atomic E-state index is 12.9. The second-order valence-corrected chi connectivity index (χ2v) is 8.79. The molecule has 0 aromatic heterocycles. The summed E-state index contributed by atoms with van der Waals surface area (Å²) in [5.41, 5.74) is 0.709. The first-order valence-electron chi connectivity index (χ1n) is 10.1. The normalized spacial score (nSPS) is 11.3. The first kappa shape index (κ1) is 25.0. The number of hydrogen-bond donors (Lipinski definition) is 2. The van der Waals surface area contributed by atoms with Gasteiger partial charge in [-0.3, -0.25) is 4.79 Å². The van der Waals surface area contributed by atoms with Gasteiger partial charge < -0.3 is 19.3 Å². The van der Waals surface area contributed by atoms with Crippen LogP contribution in [0.1, 0.15) is 21.5 Å². The molecule has 0 fully saturated rings. The van der Waals surface area contributed by atoms with E-state index in [0.29, 0.717) is 0 Å². The van der Waals surface area contributed by atoms with Crippen molar-refractivity contribution in [3.63, 3.8) is 0 Å². The van der Waals surface area contributed by atoms with Crippen LogP contribution in [0.2, 0.25) is 0 Å². The van der Waals surface area contributed by atoms with Crippen molar-refractivity contribution in [3.05, 3.63) is 89.0 Å². The number of para-hydroxylation sites is 1. The van der Waals surface area contributed by atoms with Gasteiger partial charge in [0, 0.05) is 11.3 Å². The fourth-order valence-corrected chi connectivity index (χ4v) is 3.96. The van der Waals surface area contributed by atoms with Gasteiger partial charge in [0.25, 0.3) is 5.91 Å². The van der Waals surface area contributed by atoms with Crippen molar-refractivity contribution in [2.24, 2.45) is 0 Å². The summed E-state index contributed by atoms with van der Waals surface area (Å²) < 4.78 is 36.3. The molecule has 3 rings (SSSR count). The summed E-state index contributed by atoms with van der Waals surface area (Å²) in [6.07, 6.45) is 1.15. The lowest BCUT2D eigenvalue weighted by Gasteiger charge is -2.14. The molecule has 0 unspecified atom stereocenters. The zero-order valence-electron chi connectivity index (χ0n) is 18.7. The number of aryl methyl sites for hydroxylation is 1. The molecule has 0 heterocycles. The Bertz CT molecular complexity index is 1450. The Hall–Kier alpha value is -4.62. The minimum absolute atomic E-state index is 0.0462. The lowest BCUT2D eigenvalue weighted by Crippen LogP contribution is -2.14. The summed E-state index contributed by atoms with van der Waals surface area (Å²) in [5, 5.41) is 21.1. The van der Waals surface area contributed by atoms with E-state index < -0.39 is 22.0 Å². The van der Waals surface area contributed by atoms with Crippen LogP contribution >= 0.6 is 0 Å². The number of nitrogens with zero attached hydrogens (tertiary/aromatic N) is 1. The van der Waals surface area contributed by atoms with Crippen molar-refractivity contribution < 1.29 is 32.0 Å². The second-order valence-electron chi connectivity index (χ2n) is 7.24. The highest BCUT2D eigenvalue weighted by molar-refractivity contribution is 7.87. The van der Waals surface area contributed by atoms with E-state index >= 15 is 0 Å². The van der Waals surface area contributed by atoms with E-state index in [-0.39, 0.29) is 38.8 Å². The summed E-state index contributed by atoms with van der Waals surface area (Å²) in [4.78, 5) is 23.8. The first-order chi connectivity index (χ1) is 16.6. The van der Waals surface area contributed by atoms with Crippen molar-refractivity contribution in [3.8, 4) is 17.6 Å². The van der Waals surface area contributed by atoms with Crippen LogP contribution < -0.4 is 14.2 Å². The smallest absolute Gasteiger partial charge is 0.339 e. The van der Waals surface area contributed by atoms with Gasteiger partial charge in [-0.1, -0.05) is 35.9 Å². The average molecular weight is 493 g/mol. The maximum Gasteiger partial charge on any atom is 0.339 e. The molecule has 0 aliphatic heterocycles. The number of carboxylic acids is 1. The van der Waals surface area contributed by atoms with Crippen molar-refractivity contribution >= 4 is 33.8 Å². The largest absolute Gasteiger partial charge is 0.493 e. The Morgan fingerprint density at radius 1 is 1.06 bits per heavy atom. The zero-order valence-corrected chi connectivity index (χ0v) is 19.5. The molecular weight excluding hydrogens is 472 g/mol. The minimum Gasteiger partial charge on any atom is -0.493 e. The van der Waals surface area contributed by atoms with Crippen molar-refractivity contribution in [2.45, 2.75) is 11.8 Å². The third-order valence-corrected chi connectivity index (χ3v) is 6.00. The number of ether oxygens (including phenoxy) is 1. The molecule has 0 atom stereocenters. The highest BCUT2D eigenvalue weighted by Gasteiger charge is 2.22. The number of aromatic carboxylic acids is 1. The van der Waals surface area contributed by atoms with Crippen LogP contribution in [0.15, 0.2) is 77.2 Å². The van der Waals surface area contributed by atoms with E-state index in [0.717, 1.165) is 11.6 Å². The molecule has 9 nitrogen and oxygen atoms in total. The molecule has 0 saturated heterocycles. The number of nitriles is 1. The van der Waals surface area contributed by atoms with E-state index in [9.17, 15) is 23.3 Å². The standard InChI is InChI=1S/C25H20N2O7S/c1-16-9-11-21(12-10-16)35(31,32)34-23-17(5-4-8-22(23)33-2)13-19(15-26)24(28)27-20-7-3-6-18(14-20)25(29)30/h3-14H,1-2H3,(H,27,28)(H,29,30)/b19-13+. The van der Waals surface area contributed by atoms with Gasteiger partial charge in [-0.2, -0.15) is 13.7 Å². The van der Waals surface area contributed by atoms with Crippen molar-refractivity contribution in [2.75, 3.05) is 12.4 Å². The number of carbonyl (C=O) groups excluding carboxylic acids is 1. The Labute approximate surface area is 202 Å². The van der Waals surface area contributed by atoms with Crippen LogP contribution in [0.25, 0.3) is 6.08 Å². The third kappa shape index (κ3) is 6.04. The predicted molar refractivity (Wildman–Crippen MR) is 128 cm³/mol. The van der Waals surface area contributed by atoms with Crippen molar-refractivity contribution in [1.82, 2.24) is 0 Å². The van der Waals surface area contributed by atoms with Crippen LogP contribution in [0.4, 0.5) is 5.69 Å². The number of anilines is 1. The Morgan fingerprint density at radius 2 is 1.74 bits per heavy atom. The van der Waals surface area contributed by atoms with Gasteiger partial charge in [-0.15, -0.1) is 0 Å². The Kier molecular flexibility index (Phi) is 7.53. The molecule has 0 aliphatic rings. The lowest BCUT2D eigenvalue weighted by atomic mass is 10.1. The minimum atomic E-state index is -4.26. The monoisotopic (exact) mass is 492 g/mol. The molecule has 10 heteroatoms. The zero-order chi connectivity index (χ0) is 25.6. The molecule has 0 bridgehead atoms. The summed E-state index contributed by atoms with van der Waals surface area (Å²) in [5.74, 6) is -2.14. The predicted octanol–water partition coefficient (Wildman–Crippen LogP) is 4.02. The second kappa shape index (κ2) is 10.5. The van der Waals surface area contributed by atoms with E-state index in [4.69, 9.17) is 14.0 Å². The number of amides is 1. The third-order valence-electron chi connectivity index (χ3n) is 4.76. The van der Waals surface area contributed by atoms with E-state index in [2.05, 4.69) is 5.32 Å². The molecule has 1 amide bonds. The van der Waals surface area contributed by atoms with E-state index in [1.54, 1.807) is 24.3 Å². The molecule has 0 radical (unpaired) electrons. The van der Waals surface area contributed by atoms with E-state index in [1.165, 1.54) is 55.6 Å². The van der Waals surface area contributed by atoms with Crippen LogP contribution in [-0.4, -0.2) is 32.5 Å². The molecule has 3 aromatic carbocycles. The fraction of sp³-hybridized carbons (Fsp3) is 0.0800.